The lowest BCUT2D eigenvalue weighted by molar-refractivity contribution is -0.119. The van der Waals surface area contributed by atoms with Gasteiger partial charge < -0.3 is 9.47 Å². The summed E-state index contributed by atoms with van der Waals surface area (Å²) in [6.07, 6.45) is 2.35. The molecule has 1 aliphatic heterocycles. The normalized spacial score (nSPS) is 12.7. The molecular formula is C24H14ClNO6. The van der Waals surface area contributed by atoms with Crippen molar-refractivity contribution >= 4 is 41.0 Å². The third kappa shape index (κ3) is 4.43. The van der Waals surface area contributed by atoms with E-state index in [1.807, 2.05) is 0 Å². The minimum atomic E-state index is -0.668. The molecule has 0 saturated heterocycles. The van der Waals surface area contributed by atoms with Gasteiger partial charge in [-0.25, -0.2) is 14.5 Å². The van der Waals surface area contributed by atoms with Gasteiger partial charge in [-0.1, -0.05) is 29.8 Å². The highest BCUT2D eigenvalue weighted by atomic mass is 35.5. The smallest absolute Gasteiger partial charge is 0.343 e. The number of nitrogens with zero attached hydrogens (tertiary/aromatic N) is 1. The van der Waals surface area contributed by atoms with Crippen molar-refractivity contribution in [3.8, 4) is 11.5 Å². The van der Waals surface area contributed by atoms with Crippen LogP contribution in [0.3, 0.4) is 0 Å². The number of anilines is 1. The van der Waals surface area contributed by atoms with Crippen molar-refractivity contribution < 1.29 is 28.7 Å². The quantitative estimate of drug-likeness (QED) is 0.330. The summed E-state index contributed by atoms with van der Waals surface area (Å²) in [4.78, 5) is 49.0. The van der Waals surface area contributed by atoms with E-state index in [9.17, 15) is 19.2 Å². The zero-order valence-corrected chi connectivity index (χ0v) is 17.1. The molecule has 3 aromatic carbocycles. The van der Waals surface area contributed by atoms with E-state index in [4.69, 9.17) is 21.1 Å². The number of hydrogen-bond donors (Lipinski definition) is 0. The summed E-state index contributed by atoms with van der Waals surface area (Å²) < 4.78 is 10.6. The first-order chi connectivity index (χ1) is 15.4. The molecule has 0 N–H and O–H groups in total. The molecule has 32 heavy (non-hydrogen) atoms. The molecule has 0 aliphatic carbocycles. The molecule has 158 valence electrons. The third-order valence-corrected chi connectivity index (χ3v) is 4.79. The number of halogens is 1. The van der Waals surface area contributed by atoms with Crippen LogP contribution < -0.4 is 14.4 Å². The third-order valence-electron chi connectivity index (χ3n) is 4.50. The number of carbonyl (C=O) groups is 4. The molecule has 0 aromatic heterocycles. The van der Waals surface area contributed by atoms with E-state index in [0.29, 0.717) is 11.3 Å². The number of carbonyl (C=O) groups excluding carboxylic acids is 4. The number of imide groups is 1. The Bertz CT molecular complexity index is 1230. The highest BCUT2D eigenvalue weighted by Gasteiger charge is 2.25. The molecule has 0 radical (unpaired) electrons. The monoisotopic (exact) mass is 447 g/mol. The summed E-state index contributed by atoms with van der Waals surface area (Å²) >= 11 is 6.17. The standard InChI is InChI=1S/C24H14ClNO6/c25-19-14-18(10-11-20(19)32-24(30)15-4-2-1-3-5-15)31-23(29)16-6-8-17(9-7-16)26-21(27)12-13-22(26)28/h1-14H. The molecule has 0 fully saturated rings. The second kappa shape index (κ2) is 8.87. The number of benzene rings is 3. The largest absolute Gasteiger partial charge is 0.423 e. The summed E-state index contributed by atoms with van der Waals surface area (Å²) in [6, 6.07) is 18.5. The fourth-order valence-electron chi connectivity index (χ4n) is 2.93. The zero-order valence-electron chi connectivity index (χ0n) is 16.4. The first kappa shape index (κ1) is 21.0. The van der Waals surface area contributed by atoms with Gasteiger partial charge in [-0.3, -0.25) is 9.59 Å². The average molecular weight is 448 g/mol. The Morgan fingerprint density at radius 1 is 0.719 bits per heavy atom. The Balaban J connectivity index is 1.42. The van der Waals surface area contributed by atoms with Crippen LogP contribution >= 0.6 is 11.6 Å². The lowest BCUT2D eigenvalue weighted by Crippen LogP contribution is -2.29. The van der Waals surface area contributed by atoms with E-state index in [-0.39, 0.29) is 22.1 Å². The van der Waals surface area contributed by atoms with Crippen molar-refractivity contribution in [2.75, 3.05) is 4.90 Å². The fraction of sp³-hybridized carbons (Fsp3) is 0. The predicted molar refractivity (Wildman–Crippen MR) is 116 cm³/mol. The summed E-state index contributed by atoms with van der Waals surface area (Å²) in [6.45, 7) is 0. The molecule has 0 bridgehead atoms. The van der Waals surface area contributed by atoms with Crippen LogP contribution in [0.2, 0.25) is 5.02 Å². The van der Waals surface area contributed by atoms with Gasteiger partial charge in [0.05, 0.1) is 21.8 Å². The first-order valence-electron chi connectivity index (χ1n) is 9.37. The average Bonchev–Trinajstić information content (AvgIpc) is 3.14. The minimum absolute atomic E-state index is 0.0912. The maximum absolute atomic E-state index is 12.4. The maximum atomic E-state index is 12.4. The van der Waals surface area contributed by atoms with Crippen LogP contribution in [0, 0.1) is 0 Å². The summed E-state index contributed by atoms with van der Waals surface area (Å²) in [5, 5.41) is 0.0912. The summed E-state index contributed by atoms with van der Waals surface area (Å²) in [5.41, 5.74) is 0.918. The van der Waals surface area contributed by atoms with Crippen molar-refractivity contribution in [1.29, 1.82) is 0 Å². The molecule has 3 aromatic rings. The highest BCUT2D eigenvalue weighted by molar-refractivity contribution is 6.32. The van der Waals surface area contributed by atoms with Crippen LogP contribution in [0.5, 0.6) is 11.5 Å². The Labute approximate surface area is 187 Å². The van der Waals surface area contributed by atoms with Gasteiger partial charge in [-0.15, -0.1) is 0 Å². The second-order valence-electron chi connectivity index (χ2n) is 6.63. The number of rotatable bonds is 5. The first-order valence-corrected chi connectivity index (χ1v) is 9.75. The predicted octanol–water partition coefficient (Wildman–Crippen LogP) is 4.21. The number of esters is 2. The van der Waals surface area contributed by atoms with Gasteiger partial charge in [0.15, 0.2) is 0 Å². The van der Waals surface area contributed by atoms with E-state index in [0.717, 1.165) is 4.90 Å². The summed E-state index contributed by atoms with van der Waals surface area (Å²) in [5.74, 6) is -1.86. The van der Waals surface area contributed by atoms with Gasteiger partial charge in [0, 0.05) is 18.2 Å². The van der Waals surface area contributed by atoms with Crippen LogP contribution in [0.15, 0.2) is 84.9 Å². The van der Waals surface area contributed by atoms with Crippen LogP contribution in [0.1, 0.15) is 20.7 Å². The lowest BCUT2D eigenvalue weighted by atomic mass is 10.2. The summed E-state index contributed by atoms with van der Waals surface area (Å²) in [7, 11) is 0. The Morgan fingerprint density at radius 3 is 1.94 bits per heavy atom. The topological polar surface area (TPSA) is 90.0 Å². The zero-order chi connectivity index (χ0) is 22.7. The lowest BCUT2D eigenvalue weighted by Gasteiger charge is -2.14. The Morgan fingerprint density at radius 2 is 1.31 bits per heavy atom. The number of amides is 2. The van der Waals surface area contributed by atoms with Crippen LogP contribution in [-0.2, 0) is 9.59 Å². The highest BCUT2D eigenvalue weighted by Crippen LogP contribution is 2.30. The van der Waals surface area contributed by atoms with E-state index in [1.165, 1.54) is 54.6 Å². The number of ether oxygens (including phenoxy) is 2. The molecule has 0 unspecified atom stereocenters. The number of hydrogen-bond acceptors (Lipinski definition) is 6. The van der Waals surface area contributed by atoms with Crippen LogP contribution in [0.4, 0.5) is 5.69 Å². The molecule has 1 heterocycles. The van der Waals surface area contributed by atoms with Gasteiger partial charge in [-0.05, 0) is 48.5 Å². The minimum Gasteiger partial charge on any atom is -0.423 e. The van der Waals surface area contributed by atoms with Crippen molar-refractivity contribution in [1.82, 2.24) is 0 Å². The molecule has 8 heteroatoms. The molecule has 2 amide bonds. The van der Waals surface area contributed by atoms with Gasteiger partial charge in [0.1, 0.15) is 11.5 Å². The van der Waals surface area contributed by atoms with E-state index in [2.05, 4.69) is 0 Å². The van der Waals surface area contributed by atoms with Crippen LogP contribution in [0.25, 0.3) is 0 Å². The Kier molecular flexibility index (Phi) is 5.83. The van der Waals surface area contributed by atoms with Crippen molar-refractivity contribution in [2.24, 2.45) is 0 Å². The van der Waals surface area contributed by atoms with E-state index >= 15 is 0 Å². The van der Waals surface area contributed by atoms with Crippen molar-refractivity contribution in [2.45, 2.75) is 0 Å². The van der Waals surface area contributed by atoms with Crippen molar-refractivity contribution in [3.63, 3.8) is 0 Å². The van der Waals surface area contributed by atoms with Gasteiger partial charge in [0.25, 0.3) is 11.8 Å². The Hall–Kier alpha value is -4.23. The molecule has 0 spiro atoms. The molecule has 1 aliphatic rings. The van der Waals surface area contributed by atoms with Crippen LogP contribution in [-0.4, -0.2) is 23.8 Å². The fourth-order valence-corrected chi connectivity index (χ4v) is 3.14. The van der Waals surface area contributed by atoms with E-state index < -0.39 is 23.8 Å². The van der Waals surface area contributed by atoms with Gasteiger partial charge in [0.2, 0.25) is 0 Å². The second-order valence-corrected chi connectivity index (χ2v) is 7.04. The molecule has 0 atom stereocenters. The molecular weight excluding hydrogens is 434 g/mol. The molecule has 7 nitrogen and oxygen atoms in total. The van der Waals surface area contributed by atoms with E-state index in [1.54, 1.807) is 30.3 Å². The van der Waals surface area contributed by atoms with Gasteiger partial charge in [-0.2, -0.15) is 0 Å². The van der Waals surface area contributed by atoms with Gasteiger partial charge >= 0.3 is 11.9 Å². The van der Waals surface area contributed by atoms with Crippen molar-refractivity contribution in [3.05, 3.63) is 101 Å². The maximum Gasteiger partial charge on any atom is 0.343 e. The molecule has 4 rings (SSSR count). The SMILES string of the molecule is O=C(Oc1ccc(OC(=O)c2ccccc2)c(Cl)c1)c1ccc(N2C(=O)C=CC2=O)cc1. The molecule has 0 saturated carbocycles.